The van der Waals surface area contributed by atoms with Crippen molar-refractivity contribution in [1.82, 2.24) is 10.6 Å². The van der Waals surface area contributed by atoms with Crippen molar-refractivity contribution >= 4 is 17.6 Å². The van der Waals surface area contributed by atoms with Gasteiger partial charge < -0.3 is 20.8 Å². The molecule has 0 fully saturated rings. The highest BCUT2D eigenvalue weighted by molar-refractivity contribution is 6.36. The van der Waals surface area contributed by atoms with Crippen LogP contribution in [0.5, 0.6) is 0 Å². The van der Waals surface area contributed by atoms with Gasteiger partial charge >= 0.3 is 0 Å². The molecule has 0 spiro atoms. The van der Waals surface area contributed by atoms with Gasteiger partial charge in [0.05, 0.1) is 12.6 Å². The molecule has 7 heteroatoms. The van der Waals surface area contributed by atoms with Crippen LogP contribution in [0.4, 0.5) is 0 Å². The number of aliphatic hydroxyl groups excluding tert-OH is 2. The molecular formula is C19H32N2O5. The summed E-state index contributed by atoms with van der Waals surface area (Å²) < 4.78 is 0. The Morgan fingerprint density at radius 1 is 1.23 bits per heavy atom. The fraction of sp³-hybridized carbons (Fsp3) is 0.632. The van der Waals surface area contributed by atoms with Crippen LogP contribution in [0.25, 0.3) is 0 Å². The lowest BCUT2D eigenvalue weighted by molar-refractivity contribution is -0.139. The van der Waals surface area contributed by atoms with E-state index in [1.54, 1.807) is 20.8 Å². The molecule has 2 amide bonds. The lowest BCUT2D eigenvalue weighted by atomic mass is 9.87. The van der Waals surface area contributed by atoms with Gasteiger partial charge in [0.15, 0.2) is 0 Å². The molecule has 0 aliphatic carbocycles. The van der Waals surface area contributed by atoms with Crippen LogP contribution in [0.1, 0.15) is 47.5 Å². The normalized spacial score (nSPS) is 14.8. The summed E-state index contributed by atoms with van der Waals surface area (Å²) in [7, 11) is 0. The molecule has 148 valence electrons. The third-order valence-electron chi connectivity index (χ3n) is 4.03. The highest BCUT2D eigenvalue weighted by atomic mass is 16.3. The van der Waals surface area contributed by atoms with Crippen molar-refractivity contribution in [3.8, 4) is 0 Å². The van der Waals surface area contributed by atoms with Crippen molar-refractivity contribution in [2.24, 2.45) is 5.41 Å². The largest absolute Gasteiger partial charge is 0.396 e. The summed E-state index contributed by atoms with van der Waals surface area (Å²) in [4.78, 5) is 35.7. The highest BCUT2D eigenvalue weighted by Crippen LogP contribution is 2.19. The number of aliphatic hydroxyl groups is 2. The van der Waals surface area contributed by atoms with Crippen molar-refractivity contribution in [3.63, 3.8) is 0 Å². The van der Waals surface area contributed by atoms with Crippen LogP contribution in [0.2, 0.25) is 0 Å². The Morgan fingerprint density at radius 3 is 2.35 bits per heavy atom. The zero-order valence-corrected chi connectivity index (χ0v) is 16.3. The van der Waals surface area contributed by atoms with E-state index in [1.165, 1.54) is 0 Å². The molecule has 2 unspecified atom stereocenters. The van der Waals surface area contributed by atoms with Crippen molar-refractivity contribution in [2.75, 3.05) is 13.2 Å². The van der Waals surface area contributed by atoms with Gasteiger partial charge in [-0.15, -0.1) is 0 Å². The van der Waals surface area contributed by atoms with Gasteiger partial charge in [-0.2, -0.15) is 0 Å². The molecule has 0 aliphatic rings. The molecule has 7 nitrogen and oxygen atoms in total. The van der Waals surface area contributed by atoms with Crippen LogP contribution in [0, 0.1) is 5.41 Å². The lowest BCUT2D eigenvalue weighted by Gasteiger charge is -2.27. The standard InChI is InChI=1S/C19H32N2O5/c1-6-8-9-14(7-2)13(3)21-17(25)15(23)10-11-20-18(26)16(24)19(4,5)12-22/h7-9,13,16,22,24H,6,10-12H2,1-5H3,(H,20,26)(H,21,25). The molecule has 0 bridgehead atoms. The molecule has 2 atom stereocenters. The van der Waals surface area contributed by atoms with Gasteiger partial charge in [-0.1, -0.05) is 39.0 Å². The van der Waals surface area contributed by atoms with E-state index in [1.807, 2.05) is 32.1 Å². The Kier molecular flexibility index (Phi) is 10.7. The Hall–Kier alpha value is -1.99. The minimum Gasteiger partial charge on any atom is -0.396 e. The molecule has 0 rings (SSSR count). The minimum atomic E-state index is -1.40. The molecule has 0 heterocycles. The molecule has 0 aromatic carbocycles. The number of allylic oxidation sites excluding steroid dienone is 2. The van der Waals surface area contributed by atoms with Crippen LogP contribution < -0.4 is 10.6 Å². The molecule has 0 radical (unpaired) electrons. The van der Waals surface area contributed by atoms with Crippen molar-refractivity contribution in [3.05, 3.63) is 23.8 Å². The van der Waals surface area contributed by atoms with Gasteiger partial charge in [-0.3, -0.25) is 14.4 Å². The third kappa shape index (κ3) is 7.93. The number of rotatable bonds is 11. The van der Waals surface area contributed by atoms with Crippen LogP contribution >= 0.6 is 0 Å². The van der Waals surface area contributed by atoms with E-state index in [-0.39, 0.29) is 25.6 Å². The number of amides is 2. The first-order valence-corrected chi connectivity index (χ1v) is 8.83. The van der Waals surface area contributed by atoms with Gasteiger partial charge in [0.2, 0.25) is 11.7 Å². The predicted octanol–water partition coefficient (Wildman–Crippen LogP) is 0.858. The smallest absolute Gasteiger partial charge is 0.287 e. The summed E-state index contributed by atoms with van der Waals surface area (Å²) >= 11 is 0. The van der Waals surface area contributed by atoms with Gasteiger partial charge in [0.25, 0.3) is 5.91 Å². The summed E-state index contributed by atoms with van der Waals surface area (Å²) in [5, 5.41) is 24.0. The predicted molar refractivity (Wildman–Crippen MR) is 100 cm³/mol. The molecule has 26 heavy (non-hydrogen) atoms. The topological polar surface area (TPSA) is 116 Å². The van der Waals surface area contributed by atoms with E-state index >= 15 is 0 Å². The van der Waals surface area contributed by atoms with E-state index in [9.17, 15) is 19.5 Å². The van der Waals surface area contributed by atoms with Crippen LogP contribution in [-0.4, -0.2) is 53.1 Å². The molecule has 0 saturated carbocycles. The Bertz CT molecular complexity index is 552. The molecule has 0 saturated heterocycles. The molecule has 0 aromatic rings. The van der Waals surface area contributed by atoms with Crippen molar-refractivity contribution in [2.45, 2.75) is 59.6 Å². The van der Waals surface area contributed by atoms with E-state index in [2.05, 4.69) is 10.6 Å². The zero-order chi connectivity index (χ0) is 20.3. The van der Waals surface area contributed by atoms with Gasteiger partial charge in [0, 0.05) is 18.4 Å². The summed E-state index contributed by atoms with van der Waals surface area (Å²) in [6.07, 6.45) is 5.03. The summed E-state index contributed by atoms with van der Waals surface area (Å²) in [6.45, 7) is 8.31. The fourth-order valence-corrected chi connectivity index (χ4v) is 2.06. The first-order valence-electron chi connectivity index (χ1n) is 8.83. The van der Waals surface area contributed by atoms with Gasteiger partial charge in [-0.05, 0) is 25.8 Å². The van der Waals surface area contributed by atoms with Gasteiger partial charge in [0.1, 0.15) is 6.10 Å². The highest BCUT2D eigenvalue weighted by Gasteiger charge is 2.32. The van der Waals surface area contributed by atoms with Crippen LogP contribution in [-0.2, 0) is 14.4 Å². The van der Waals surface area contributed by atoms with Crippen molar-refractivity contribution < 1.29 is 24.6 Å². The SMILES string of the molecule is CC=C(C=CCC)C(C)NC(=O)C(=O)CCNC(=O)C(O)C(C)(C)CO. The number of nitrogens with one attached hydrogen (secondary N) is 2. The monoisotopic (exact) mass is 368 g/mol. The lowest BCUT2D eigenvalue weighted by Crippen LogP contribution is -2.46. The average molecular weight is 368 g/mol. The second kappa shape index (κ2) is 11.6. The first kappa shape index (κ1) is 24.0. The maximum Gasteiger partial charge on any atom is 0.287 e. The van der Waals surface area contributed by atoms with Gasteiger partial charge in [-0.25, -0.2) is 0 Å². The molecule has 0 aliphatic heterocycles. The molecular weight excluding hydrogens is 336 g/mol. The Labute approximate surface area is 155 Å². The Morgan fingerprint density at radius 2 is 1.85 bits per heavy atom. The second-order valence-corrected chi connectivity index (χ2v) is 6.81. The van der Waals surface area contributed by atoms with Crippen molar-refractivity contribution in [1.29, 1.82) is 0 Å². The fourth-order valence-electron chi connectivity index (χ4n) is 2.06. The van der Waals surface area contributed by atoms with E-state index in [0.29, 0.717) is 0 Å². The first-order chi connectivity index (χ1) is 12.1. The summed E-state index contributed by atoms with van der Waals surface area (Å²) in [6, 6.07) is -0.305. The minimum absolute atomic E-state index is 0.0652. The number of carbonyl (C=O) groups excluding carboxylic acids is 3. The quantitative estimate of drug-likeness (QED) is 0.319. The number of carbonyl (C=O) groups is 3. The summed E-state index contributed by atoms with van der Waals surface area (Å²) in [5.41, 5.74) is -0.0915. The van der Waals surface area contributed by atoms with E-state index < -0.39 is 29.1 Å². The maximum absolute atomic E-state index is 12.0. The number of hydrogen-bond acceptors (Lipinski definition) is 5. The van der Waals surface area contributed by atoms with E-state index in [0.717, 1.165) is 12.0 Å². The summed E-state index contributed by atoms with van der Waals surface area (Å²) in [5.74, 6) is -2.05. The van der Waals surface area contributed by atoms with Crippen LogP contribution in [0.3, 0.4) is 0 Å². The Balaban J connectivity index is 4.46. The van der Waals surface area contributed by atoms with E-state index in [4.69, 9.17) is 5.11 Å². The maximum atomic E-state index is 12.0. The zero-order valence-electron chi connectivity index (χ0n) is 16.3. The number of ketones is 1. The average Bonchev–Trinajstić information content (AvgIpc) is 2.61. The third-order valence-corrected chi connectivity index (χ3v) is 4.03. The van der Waals surface area contributed by atoms with Crippen LogP contribution in [0.15, 0.2) is 23.8 Å². The second-order valence-electron chi connectivity index (χ2n) is 6.81. The number of Topliss-reactive ketones (excluding diaryl/α,β-unsaturated/α-hetero) is 1. The molecule has 0 aromatic heterocycles. The molecule has 4 N–H and O–H groups in total. The number of hydrogen-bond donors (Lipinski definition) is 4.